The second-order valence-electron chi connectivity index (χ2n) is 9.31. The smallest absolute Gasteiger partial charge is 0.191 e. The first-order chi connectivity index (χ1) is 10.3. The van der Waals surface area contributed by atoms with Crippen molar-refractivity contribution in [2.45, 2.75) is 77.9 Å². The molecule has 4 aliphatic carbocycles. The van der Waals surface area contributed by atoms with E-state index in [9.17, 15) is 10.2 Å². The first kappa shape index (κ1) is 15.2. The van der Waals surface area contributed by atoms with Crippen molar-refractivity contribution in [3.63, 3.8) is 0 Å². The molecule has 0 aromatic rings. The summed E-state index contributed by atoms with van der Waals surface area (Å²) in [6, 6.07) is 0. The highest BCUT2D eigenvalue weighted by molar-refractivity contribution is 5.24. The van der Waals surface area contributed by atoms with Gasteiger partial charge in [-0.2, -0.15) is 0 Å². The van der Waals surface area contributed by atoms with Crippen molar-refractivity contribution in [2.24, 2.45) is 34.5 Å². The van der Waals surface area contributed by atoms with Crippen LogP contribution in [0.2, 0.25) is 0 Å². The first-order valence-electron chi connectivity index (χ1n) is 9.43. The number of aliphatic hydroxyl groups is 2. The number of rotatable bonds is 0. The standard InChI is InChI=1S/C20H32O2/c1-13-6-7-14-8-9-15-16-5-4-11-18(16,2)12-10-17(15)19(14,3)20(13,21)22/h6,14-17,21-22H,4-5,7-12H2,1-3H3/t14?,15-,16-,17-,18-,19-/m0/s1. The molecule has 0 aliphatic heterocycles. The molecule has 0 saturated heterocycles. The Labute approximate surface area is 135 Å². The Morgan fingerprint density at radius 2 is 1.77 bits per heavy atom. The molecule has 1 unspecified atom stereocenters. The highest BCUT2D eigenvalue weighted by Gasteiger charge is 2.64. The average Bonchev–Trinajstić information content (AvgIpc) is 2.86. The molecule has 4 rings (SSSR count). The Morgan fingerprint density at radius 1 is 1.00 bits per heavy atom. The summed E-state index contributed by atoms with van der Waals surface area (Å²) in [5.74, 6) is 0.864. The zero-order chi connectivity index (χ0) is 15.8. The molecule has 6 atom stereocenters. The molecule has 0 radical (unpaired) electrons. The Balaban J connectivity index is 1.75. The maximum Gasteiger partial charge on any atom is 0.191 e. The SMILES string of the molecule is CC1=CCC2CC[C@H]3[C@@H]4CCC[C@@]4(C)CC[C@@H]3[C@@]2(C)C1(O)O. The molecule has 0 aromatic heterocycles. The van der Waals surface area contributed by atoms with E-state index in [0.717, 1.165) is 17.9 Å². The van der Waals surface area contributed by atoms with Crippen LogP contribution in [0.25, 0.3) is 0 Å². The van der Waals surface area contributed by atoms with E-state index in [1.165, 1.54) is 44.9 Å². The fourth-order valence-corrected chi connectivity index (χ4v) is 7.22. The lowest BCUT2D eigenvalue weighted by atomic mass is 9.44. The molecular weight excluding hydrogens is 272 g/mol. The Hall–Kier alpha value is -0.340. The predicted octanol–water partition coefficient (Wildman–Crippen LogP) is 4.27. The van der Waals surface area contributed by atoms with Crippen LogP contribution in [0.1, 0.15) is 72.1 Å². The fraction of sp³-hybridized carbons (Fsp3) is 0.900. The van der Waals surface area contributed by atoms with Crippen LogP contribution in [-0.4, -0.2) is 16.0 Å². The zero-order valence-electron chi connectivity index (χ0n) is 14.4. The molecule has 4 aliphatic rings. The van der Waals surface area contributed by atoms with E-state index in [0.29, 0.717) is 23.2 Å². The minimum Gasteiger partial charge on any atom is -0.362 e. The molecule has 2 heteroatoms. The molecule has 22 heavy (non-hydrogen) atoms. The summed E-state index contributed by atoms with van der Waals surface area (Å²) in [4.78, 5) is 0. The number of fused-ring (bicyclic) bond motifs is 5. The van der Waals surface area contributed by atoms with Gasteiger partial charge in [0.15, 0.2) is 5.79 Å². The third kappa shape index (κ3) is 1.69. The summed E-state index contributed by atoms with van der Waals surface area (Å²) < 4.78 is 0. The summed E-state index contributed by atoms with van der Waals surface area (Å²) in [7, 11) is 0. The van der Waals surface area contributed by atoms with Gasteiger partial charge in [0.2, 0.25) is 0 Å². The van der Waals surface area contributed by atoms with E-state index in [1.807, 2.05) is 6.92 Å². The lowest BCUT2D eigenvalue weighted by molar-refractivity contribution is -0.278. The lowest BCUT2D eigenvalue weighted by Gasteiger charge is -2.63. The Bertz CT molecular complexity index is 508. The maximum absolute atomic E-state index is 11.0. The van der Waals surface area contributed by atoms with Crippen LogP contribution in [0.5, 0.6) is 0 Å². The summed E-state index contributed by atoms with van der Waals surface area (Å²) >= 11 is 0. The summed E-state index contributed by atoms with van der Waals surface area (Å²) in [6.07, 6.45) is 12.2. The van der Waals surface area contributed by atoms with Crippen LogP contribution in [0, 0.1) is 34.5 Å². The van der Waals surface area contributed by atoms with Gasteiger partial charge in [-0.1, -0.05) is 26.3 Å². The van der Waals surface area contributed by atoms with Crippen LogP contribution in [0.15, 0.2) is 11.6 Å². The number of hydrogen-bond acceptors (Lipinski definition) is 2. The molecule has 3 fully saturated rings. The largest absolute Gasteiger partial charge is 0.362 e. The monoisotopic (exact) mass is 304 g/mol. The molecule has 0 amide bonds. The van der Waals surface area contributed by atoms with Gasteiger partial charge < -0.3 is 10.2 Å². The van der Waals surface area contributed by atoms with Gasteiger partial charge >= 0.3 is 0 Å². The van der Waals surface area contributed by atoms with E-state index >= 15 is 0 Å². The third-order valence-electron chi connectivity index (χ3n) is 8.69. The van der Waals surface area contributed by atoms with Gasteiger partial charge in [-0.05, 0) is 86.5 Å². The van der Waals surface area contributed by atoms with Gasteiger partial charge in [0, 0.05) is 5.41 Å². The van der Waals surface area contributed by atoms with Crippen molar-refractivity contribution < 1.29 is 10.2 Å². The Kier molecular flexibility index (Phi) is 3.18. The van der Waals surface area contributed by atoms with Gasteiger partial charge in [0.05, 0.1) is 0 Å². The minimum atomic E-state index is -1.61. The van der Waals surface area contributed by atoms with Crippen LogP contribution >= 0.6 is 0 Å². The summed E-state index contributed by atoms with van der Waals surface area (Å²) in [5, 5.41) is 22.1. The molecule has 0 spiro atoms. The average molecular weight is 304 g/mol. The molecule has 0 aromatic carbocycles. The van der Waals surface area contributed by atoms with Gasteiger partial charge in [-0.25, -0.2) is 0 Å². The molecule has 3 saturated carbocycles. The second-order valence-corrected chi connectivity index (χ2v) is 9.31. The van der Waals surface area contributed by atoms with Crippen molar-refractivity contribution in [1.82, 2.24) is 0 Å². The van der Waals surface area contributed by atoms with Crippen LogP contribution in [-0.2, 0) is 0 Å². The highest BCUT2D eigenvalue weighted by atomic mass is 16.5. The van der Waals surface area contributed by atoms with Gasteiger partial charge in [0.25, 0.3) is 0 Å². The normalized spacial score (nSPS) is 53.2. The molecule has 124 valence electrons. The second kappa shape index (κ2) is 4.60. The highest BCUT2D eigenvalue weighted by Crippen LogP contribution is 2.67. The number of allylic oxidation sites excluding steroid dienone is 1. The van der Waals surface area contributed by atoms with E-state index in [2.05, 4.69) is 19.9 Å². The van der Waals surface area contributed by atoms with Crippen molar-refractivity contribution in [3.8, 4) is 0 Å². The van der Waals surface area contributed by atoms with E-state index in [4.69, 9.17) is 0 Å². The van der Waals surface area contributed by atoms with Gasteiger partial charge in [-0.3, -0.25) is 0 Å². The maximum atomic E-state index is 11.0. The van der Waals surface area contributed by atoms with Crippen molar-refractivity contribution in [3.05, 3.63) is 11.6 Å². The van der Waals surface area contributed by atoms with Crippen molar-refractivity contribution >= 4 is 0 Å². The molecule has 2 N–H and O–H groups in total. The van der Waals surface area contributed by atoms with Crippen LogP contribution < -0.4 is 0 Å². The zero-order valence-corrected chi connectivity index (χ0v) is 14.4. The molecule has 0 heterocycles. The molecule has 0 bridgehead atoms. The predicted molar refractivity (Wildman–Crippen MR) is 88.0 cm³/mol. The van der Waals surface area contributed by atoms with Crippen LogP contribution in [0.4, 0.5) is 0 Å². The van der Waals surface area contributed by atoms with Crippen molar-refractivity contribution in [1.29, 1.82) is 0 Å². The fourth-order valence-electron chi connectivity index (χ4n) is 7.22. The van der Waals surface area contributed by atoms with Gasteiger partial charge in [-0.15, -0.1) is 0 Å². The van der Waals surface area contributed by atoms with E-state index in [1.54, 1.807) is 0 Å². The summed E-state index contributed by atoms with van der Waals surface area (Å²) in [5.41, 5.74) is 0.975. The molecule has 2 nitrogen and oxygen atoms in total. The van der Waals surface area contributed by atoms with Crippen molar-refractivity contribution in [2.75, 3.05) is 0 Å². The summed E-state index contributed by atoms with van der Waals surface area (Å²) in [6.45, 7) is 6.61. The third-order valence-corrected chi connectivity index (χ3v) is 8.69. The van der Waals surface area contributed by atoms with Crippen LogP contribution in [0.3, 0.4) is 0 Å². The van der Waals surface area contributed by atoms with E-state index in [-0.39, 0.29) is 5.41 Å². The topological polar surface area (TPSA) is 40.5 Å². The first-order valence-corrected chi connectivity index (χ1v) is 9.43. The Morgan fingerprint density at radius 3 is 2.55 bits per heavy atom. The van der Waals surface area contributed by atoms with Gasteiger partial charge in [0.1, 0.15) is 0 Å². The van der Waals surface area contributed by atoms with E-state index < -0.39 is 5.79 Å². The minimum absolute atomic E-state index is 0.349. The number of hydrogen-bond donors (Lipinski definition) is 2. The molecular formula is C20H32O2. The quantitative estimate of drug-likeness (QED) is 0.518. The lowest BCUT2D eigenvalue weighted by Crippen LogP contribution is -2.63.